The first kappa shape index (κ1) is 45.4. The summed E-state index contributed by atoms with van der Waals surface area (Å²) in [4.78, 5) is 12.9. The minimum absolute atomic E-state index is 0.143. The summed E-state index contributed by atoms with van der Waals surface area (Å²) in [5.74, 6) is -0.160. The zero-order valence-electron chi connectivity index (χ0n) is 30.9. The lowest BCUT2D eigenvalue weighted by Crippen LogP contribution is -2.60. The van der Waals surface area contributed by atoms with Crippen LogP contribution in [0.4, 0.5) is 0 Å². The third-order valence-corrected chi connectivity index (χ3v) is 9.26. The van der Waals surface area contributed by atoms with Crippen molar-refractivity contribution in [1.29, 1.82) is 0 Å². The predicted molar refractivity (Wildman–Crippen MR) is 198 cm³/mol. The second kappa shape index (κ2) is 31.2. The molecular weight excluding hydrogens is 622 g/mol. The molecule has 6 N–H and O–H groups in total. The standard InChI is InChI=1S/C40H73NO8/c1-3-5-7-9-11-13-14-15-16-17-18-19-20-22-24-26-28-30-36(44)41-33(34(43)29-27-25-23-21-12-10-8-6-4-2)32-48-40-39(47)38(46)37(45)35(31-42)49-40/h5,7,11,13,15-16,33-35,37-40,42-43,45-47H,3-4,6,8-10,12,14,17-32H2,1-2H3,(H,41,44)/b7-5-,13-11-,16-15-. The van der Waals surface area contributed by atoms with Gasteiger partial charge in [0, 0.05) is 6.42 Å². The Bertz CT molecular complexity index is 863. The number of carbonyl (C=O) groups is 1. The monoisotopic (exact) mass is 696 g/mol. The van der Waals surface area contributed by atoms with E-state index in [0.717, 1.165) is 70.6 Å². The fourth-order valence-electron chi connectivity index (χ4n) is 6.06. The Balaban J connectivity index is 2.37. The van der Waals surface area contributed by atoms with E-state index >= 15 is 0 Å². The first-order valence-corrected chi connectivity index (χ1v) is 19.7. The highest BCUT2D eigenvalue weighted by Gasteiger charge is 2.44. The van der Waals surface area contributed by atoms with Gasteiger partial charge >= 0.3 is 0 Å². The van der Waals surface area contributed by atoms with Crippen LogP contribution in [0.1, 0.15) is 155 Å². The zero-order chi connectivity index (χ0) is 36.0. The SMILES string of the molecule is CC/C=C\C/C=C\C/C=C\CCCCCCCCCC(=O)NC(COC1OC(CO)C(O)C(O)C1O)C(O)CCCCCCCCCCC. The Morgan fingerprint density at radius 3 is 1.88 bits per heavy atom. The molecule has 0 radical (unpaired) electrons. The van der Waals surface area contributed by atoms with Crippen LogP contribution in [0.2, 0.25) is 0 Å². The van der Waals surface area contributed by atoms with Gasteiger partial charge in [-0.05, 0) is 44.9 Å². The van der Waals surface area contributed by atoms with E-state index in [4.69, 9.17) is 9.47 Å². The zero-order valence-corrected chi connectivity index (χ0v) is 30.9. The largest absolute Gasteiger partial charge is 0.394 e. The van der Waals surface area contributed by atoms with E-state index in [1.54, 1.807) is 0 Å². The Kier molecular flexibility index (Phi) is 28.9. The molecule has 286 valence electrons. The van der Waals surface area contributed by atoms with Crippen LogP contribution in [0.15, 0.2) is 36.5 Å². The van der Waals surface area contributed by atoms with Crippen molar-refractivity contribution >= 4 is 5.91 Å². The molecule has 49 heavy (non-hydrogen) atoms. The molecular formula is C40H73NO8. The first-order valence-electron chi connectivity index (χ1n) is 19.7. The summed E-state index contributed by atoms with van der Waals surface area (Å²) in [6.07, 6.45) is 28.7. The average molecular weight is 696 g/mol. The smallest absolute Gasteiger partial charge is 0.220 e. The van der Waals surface area contributed by atoms with Gasteiger partial charge in [-0.1, -0.05) is 140 Å². The molecule has 9 nitrogen and oxygen atoms in total. The van der Waals surface area contributed by atoms with Gasteiger partial charge in [-0.2, -0.15) is 0 Å². The van der Waals surface area contributed by atoms with Gasteiger partial charge in [0.05, 0.1) is 25.4 Å². The van der Waals surface area contributed by atoms with Gasteiger partial charge in [0.1, 0.15) is 24.4 Å². The van der Waals surface area contributed by atoms with Gasteiger partial charge in [0.15, 0.2) is 6.29 Å². The highest BCUT2D eigenvalue weighted by Crippen LogP contribution is 2.23. The molecule has 1 amide bonds. The number of carbonyl (C=O) groups excluding carboxylic acids is 1. The molecule has 0 spiro atoms. The van der Waals surface area contributed by atoms with E-state index in [2.05, 4.69) is 55.6 Å². The molecule has 0 bridgehead atoms. The fraction of sp³-hybridized carbons (Fsp3) is 0.825. The fourth-order valence-corrected chi connectivity index (χ4v) is 6.06. The van der Waals surface area contributed by atoms with Crippen LogP contribution in [-0.2, 0) is 14.3 Å². The van der Waals surface area contributed by atoms with E-state index in [1.165, 1.54) is 57.8 Å². The molecule has 1 aliphatic rings. The highest BCUT2D eigenvalue weighted by atomic mass is 16.7. The maximum absolute atomic E-state index is 12.9. The van der Waals surface area contributed by atoms with Crippen LogP contribution in [0.5, 0.6) is 0 Å². The Morgan fingerprint density at radius 1 is 0.714 bits per heavy atom. The van der Waals surface area contributed by atoms with Crippen LogP contribution in [0, 0.1) is 0 Å². The lowest BCUT2D eigenvalue weighted by atomic mass is 9.99. The van der Waals surface area contributed by atoms with Crippen molar-refractivity contribution in [2.75, 3.05) is 13.2 Å². The van der Waals surface area contributed by atoms with Crippen molar-refractivity contribution in [2.24, 2.45) is 0 Å². The lowest BCUT2D eigenvalue weighted by Gasteiger charge is -2.40. The maximum atomic E-state index is 12.9. The highest BCUT2D eigenvalue weighted by molar-refractivity contribution is 5.76. The Hall–Kier alpha value is -1.59. The molecule has 0 aliphatic carbocycles. The normalized spacial score (nSPS) is 22.8. The average Bonchev–Trinajstić information content (AvgIpc) is 3.10. The van der Waals surface area contributed by atoms with Gasteiger partial charge in [-0.25, -0.2) is 0 Å². The van der Waals surface area contributed by atoms with Crippen molar-refractivity contribution in [3.8, 4) is 0 Å². The van der Waals surface area contributed by atoms with Crippen molar-refractivity contribution < 1.29 is 39.8 Å². The van der Waals surface area contributed by atoms with E-state index in [-0.39, 0.29) is 12.5 Å². The summed E-state index contributed by atoms with van der Waals surface area (Å²) in [6.45, 7) is 3.66. The molecule has 7 atom stereocenters. The predicted octanol–water partition coefficient (Wildman–Crippen LogP) is 6.94. The van der Waals surface area contributed by atoms with Crippen molar-refractivity contribution in [1.82, 2.24) is 5.32 Å². The Labute approximate surface area is 298 Å². The van der Waals surface area contributed by atoms with Crippen LogP contribution in [-0.4, -0.2) is 87.5 Å². The van der Waals surface area contributed by atoms with Gasteiger partial charge < -0.3 is 40.3 Å². The molecule has 1 aliphatic heterocycles. The summed E-state index contributed by atoms with van der Waals surface area (Å²) in [5, 5.41) is 54.0. The minimum atomic E-state index is -1.55. The molecule has 0 saturated carbocycles. The topological polar surface area (TPSA) is 149 Å². The quantitative estimate of drug-likeness (QED) is 0.0338. The van der Waals surface area contributed by atoms with Crippen molar-refractivity contribution in [3.05, 3.63) is 36.5 Å². The molecule has 1 rings (SSSR count). The third-order valence-electron chi connectivity index (χ3n) is 9.26. The van der Waals surface area contributed by atoms with Gasteiger partial charge in [-0.3, -0.25) is 4.79 Å². The van der Waals surface area contributed by atoms with E-state index in [0.29, 0.717) is 12.8 Å². The van der Waals surface area contributed by atoms with E-state index in [9.17, 15) is 30.3 Å². The molecule has 7 unspecified atom stereocenters. The number of nitrogens with one attached hydrogen (secondary N) is 1. The number of aliphatic hydroxyl groups is 5. The van der Waals surface area contributed by atoms with E-state index in [1.807, 2.05) is 0 Å². The Morgan fingerprint density at radius 2 is 1.27 bits per heavy atom. The second-order valence-electron chi connectivity index (χ2n) is 13.7. The summed E-state index contributed by atoms with van der Waals surface area (Å²) >= 11 is 0. The number of amides is 1. The maximum Gasteiger partial charge on any atom is 0.220 e. The van der Waals surface area contributed by atoms with Gasteiger partial charge in [0.2, 0.25) is 5.91 Å². The minimum Gasteiger partial charge on any atom is -0.394 e. The van der Waals surface area contributed by atoms with Crippen LogP contribution < -0.4 is 5.32 Å². The number of hydrogen-bond acceptors (Lipinski definition) is 8. The van der Waals surface area contributed by atoms with E-state index < -0.39 is 49.5 Å². The van der Waals surface area contributed by atoms with Crippen LogP contribution in [0.3, 0.4) is 0 Å². The number of rotatable bonds is 31. The number of ether oxygens (including phenoxy) is 2. The first-order chi connectivity index (χ1) is 23.8. The molecule has 1 fully saturated rings. The summed E-state index contributed by atoms with van der Waals surface area (Å²) < 4.78 is 11.2. The molecule has 1 heterocycles. The summed E-state index contributed by atoms with van der Waals surface area (Å²) in [5.41, 5.74) is 0. The molecule has 0 aromatic carbocycles. The van der Waals surface area contributed by atoms with Crippen molar-refractivity contribution in [2.45, 2.75) is 198 Å². The number of aliphatic hydroxyl groups excluding tert-OH is 5. The third kappa shape index (κ3) is 22.8. The van der Waals surface area contributed by atoms with Crippen LogP contribution in [0.25, 0.3) is 0 Å². The number of allylic oxidation sites excluding steroid dienone is 6. The van der Waals surface area contributed by atoms with Crippen molar-refractivity contribution in [3.63, 3.8) is 0 Å². The second-order valence-corrected chi connectivity index (χ2v) is 13.7. The number of hydrogen-bond donors (Lipinski definition) is 6. The summed E-state index contributed by atoms with van der Waals surface area (Å²) in [7, 11) is 0. The van der Waals surface area contributed by atoms with Gasteiger partial charge in [0.25, 0.3) is 0 Å². The van der Waals surface area contributed by atoms with Gasteiger partial charge in [-0.15, -0.1) is 0 Å². The molecule has 0 aromatic heterocycles. The summed E-state index contributed by atoms with van der Waals surface area (Å²) in [6, 6.07) is -0.720. The molecule has 0 aromatic rings. The molecule has 1 saturated heterocycles. The number of unbranched alkanes of at least 4 members (excludes halogenated alkanes) is 15. The lowest BCUT2D eigenvalue weighted by molar-refractivity contribution is -0.302. The molecule has 9 heteroatoms. The van der Waals surface area contributed by atoms with Crippen LogP contribution >= 0.6 is 0 Å².